The molecule has 80 valence electrons. The van der Waals surface area contributed by atoms with E-state index in [9.17, 15) is 0 Å². The van der Waals surface area contributed by atoms with E-state index in [4.69, 9.17) is 4.52 Å². The van der Waals surface area contributed by atoms with Gasteiger partial charge >= 0.3 is 0 Å². The summed E-state index contributed by atoms with van der Waals surface area (Å²) in [5.74, 6) is 1.17. The first-order chi connectivity index (χ1) is 7.29. The second-order valence-corrected chi connectivity index (χ2v) is 3.38. The molecule has 0 saturated heterocycles. The number of rotatable bonds is 4. The molecule has 6 nitrogen and oxygen atoms in total. The minimum atomic E-state index is 0.331. The molecule has 0 saturated carbocycles. The molecule has 1 unspecified atom stereocenters. The molecule has 0 bridgehead atoms. The van der Waals surface area contributed by atoms with Gasteiger partial charge in [-0.25, -0.2) is 0 Å². The maximum Gasteiger partial charge on any atom is 0.275 e. The van der Waals surface area contributed by atoms with Gasteiger partial charge < -0.3 is 9.84 Å². The quantitative estimate of drug-likeness (QED) is 0.767. The zero-order valence-corrected chi connectivity index (χ0v) is 8.69. The van der Waals surface area contributed by atoms with Crippen LogP contribution in [0.4, 0.5) is 0 Å². The van der Waals surface area contributed by atoms with E-state index in [0.29, 0.717) is 17.8 Å². The minimum Gasteiger partial charge on any atom is -0.332 e. The molecule has 0 aromatic carbocycles. The summed E-state index contributed by atoms with van der Waals surface area (Å²) in [5.41, 5.74) is 0.742. The molecule has 0 aliphatic carbocycles. The summed E-state index contributed by atoms with van der Waals surface area (Å²) in [4.78, 5) is 4.25. The van der Waals surface area contributed by atoms with Gasteiger partial charge in [-0.2, -0.15) is 10.1 Å². The number of aromatic amines is 1. The predicted octanol–water partition coefficient (Wildman–Crippen LogP) is 0.610. The first-order valence-corrected chi connectivity index (χ1v) is 4.79. The molecule has 2 rings (SSSR count). The van der Waals surface area contributed by atoms with Crippen LogP contribution in [0.5, 0.6) is 0 Å². The highest BCUT2D eigenvalue weighted by molar-refractivity contribution is 5.44. The van der Waals surface area contributed by atoms with E-state index < -0.39 is 0 Å². The average molecular weight is 207 g/mol. The molecule has 2 aromatic rings. The van der Waals surface area contributed by atoms with Crippen LogP contribution in [0.25, 0.3) is 11.6 Å². The first-order valence-electron chi connectivity index (χ1n) is 4.79. The molecule has 0 spiro atoms. The standard InChI is InChI=1S/C9H13N5O/c1-6(10-2)5-8-12-9(15-14-8)7-3-4-11-13-7/h3-4,6,10H,5H2,1-2H3,(H,11,13). The third-order valence-electron chi connectivity index (χ3n) is 2.18. The van der Waals surface area contributed by atoms with Crippen LogP contribution < -0.4 is 5.32 Å². The zero-order chi connectivity index (χ0) is 10.7. The Bertz CT molecular complexity index is 408. The largest absolute Gasteiger partial charge is 0.332 e. The van der Waals surface area contributed by atoms with Crippen LogP contribution in [0.15, 0.2) is 16.8 Å². The van der Waals surface area contributed by atoms with Gasteiger partial charge in [-0.05, 0) is 20.0 Å². The number of nitrogens with one attached hydrogen (secondary N) is 2. The highest BCUT2D eigenvalue weighted by atomic mass is 16.5. The maximum absolute atomic E-state index is 5.09. The van der Waals surface area contributed by atoms with Crippen LogP contribution >= 0.6 is 0 Å². The highest BCUT2D eigenvalue weighted by Gasteiger charge is 2.11. The number of hydrogen-bond acceptors (Lipinski definition) is 5. The van der Waals surface area contributed by atoms with Gasteiger partial charge in [-0.1, -0.05) is 5.16 Å². The Labute approximate surface area is 87.1 Å². The Hall–Kier alpha value is -1.69. The molecule has 0 amide bonds. The molecular formula is C9H13N5O. The Morgan fingerprint density at radius 2 is 2.47 bits per heavy atom. The lowest BCUT2D eigenvalue weighted by Gasteiger charge is -2.04. The highest BCUT2D eigenvalue weighted by Crippen LogP contribution is 2.13. The molecule has 2 N–H and O–H groups in total. The van der Waals surface area contributed by atoms with Gasteiger partial charge in [-0.15, -0.1) is 0 Å². The van der Waals surface area contributed by atoms with Crippen molar-refractivity contribution >= 4 is 0 Å². The van der Waals surface area contributed by atoms with Crippen molar-refractivity contribution in [1.29, 1.82) is 0 Å². The van der Waals surface area contributed by atoms with E-state index in [2.05, 4.69) is 32.6 Å². The molecule has 0 fully saturated rings. The van der Waals surface area contributed by atoms with Crippen molar-refractivity contribution in [2.24, 2.45) is 0 Å². The fraction of sp³-hybridized carbons (Fsp3) is 0.444. The molecule has 15 heavy (non-hydrogen) atoms. The minimum absolute atomic E-state index is 0.331. The molecule has 2 heterocycles. The van der Waals surface area contributed by atoms with E-state index in [1.165, 1.54) is 0 Å². The third-order valence-corrected chi connectivity index (χ3v) is 2.18. The Morgan fingerprint density at radius 3 is 3.13 bits per heavy atom. The van der Waals surface area contributed by atoms with Crippen molar-refractivity contribution in [2.75, 3.05) is 7.05 Å². The van der Waals surface area contributed by atoms with Crippen LogP contribution in [-0.2, 0) is 6.42 Å². The van der Waals surface area contributed by atoms with Gasteiger partial charge in [0, 0.05) is 18.7 Å². The molecule has 2 aromatic heterocycles. The third kappa shape index (κ3) is 2.21. The fourth-order valence-corrected chi connectivity index (χ4v) is 1.20. The summed E-state index contributed by atoms with van der Waals surface area (Å²) < 4.78 is 5.09. The summed E-state index contributed by atoms with van der Waals surface area (Å²) in [7, 11) is 1.90. The molecule has 0 radical (unpaired) electrons. The van der Waals surface area contributed by atoms with Crippen molar-refractivity contribution in [3.63, 3.8) is 0 Å². The smallest absolute Gasteiger partial charge is 0.275 e. The zero-order valence-electron chi connectivity index (χ0n) is 8.69. The number of likely N-dealkylation sites (N-methyl/N-ethyl adjacent to an activating group) is 1. The van der Waals surface area contributed by atoms with Crippen LogP contribution in [0.1, 0.15) is 12.7 Å². The molecule has 6 heteroatoms. The summed E-state index contributed by atoms with van der Waals surface area (Å²) >= 11 is 0. The van der Waals surface area contributed by atoms with Gasteiger partial charge in [0.2, 0.25) is 0 Å². The second kappa shape index (κ2) is 4.22. The number of H-pyrrole nitrogens is 1. The lowest BCUT2D eigenvalue weighted by atomic mass is 10.2. The van der Waals surface area contributed by atoms with Crippen LogP contribution in [-0.4, -0.2) is 33.4 Å². The molecule has 0 aliphatic heterocycles. The van der Waals surface area contributed by atoms with Gasteiger partial charge in [-0.3, -0.25) is 5.10 Å². The summed E-state index contributed by atoms with van der Waals surface area (Å²) in [6.45, 7) is 2.06. The van der Waals surface area contributed by atoms with Crippen molar-refractivity contribution in [3.05, 3.63) is 18.1 Å². The van der Waals surface area contributed by atoms with Gasteiger partial charge in [0.05, 0.1) is 0 Å². The lowest BCUT2D eigenvalue weighted by molar-refractivity contribution is 0.417. The first kappa shape index (κ1) is 9.85. The Morgan fingerprint density at radius 1 is 1.60 bits per heavy atom. The Kier molecular flexibility index (Phi) is 2.77. The van der Waals surface area contributed by atoms with Crippen molar-refractivity contribution < 1.29 is 4.52 Å². The Balaban J connectivity index is 2.11. The average Bonchev–Trinajstić information content (AvgIpc) is 2.85. The lowest BCUT2D eigenvalue weighted by Crippen LogP contribution is -2.24. The van der Waals surface area contributed by atoms with E-state index in [1.807, 2.05) is 7.05 Å². The van der Waals surface area contributed by atoms with Gasteiger partial charge in [0.1, 0.15) is 5.69 Å². The number of nitrogens with zero attached hydrogens (tertiary/aromatic N) is 3. The fourth-order valence-electron chi connectivity index (χ4n) is 1.20. The summed E-state index contributed by atoms with van der Waals surface area (Å²) in [6.07, 6.45) is 2.39. The van der Waals surface area contributed by atoms with E-state index in [1.54, 1.807) is 12.3 Å². The van der Waals surface area contributed by atoms with Crippen LogP contribution in [0.2, 0.25) is 0 Å². The van der Waals surface area contributed by atoms with Gasteiger partial charge in [0.15, 0.2) is 5.82 Å². The number of hydrogen-bond donors (Lipinski definition) is 2. The topological polar surface area (TPSA) is 79.6 Å². The van der Waals surface area contributed by atoms with Crippen LogP contribution in [0, 0.1) is 0 Å². The molecular weight excluding hydrogens is 194 g/mol. The summed E-state index contributed by atoms with van der Waals surface area (Å²) in [6, 6.07) is 2.12. The van der Waals surface area contributed by atoms with Crippen molar-refractivity contribution in [2.45, 2.75) is 19.4 Å². The van der Waals surface area contributed by atoms with E-state index >= 15 is 0 Å². The van der Waals surface area contributed by atoms with Crippen molar-refractivity contribution in [3.8, 4) is 11.6 Å². The normalized spacial score (nSPS) is 12.9. The van der Waals surface area contributed by atoms with Gasteiger partial charge in [0.25, 0.3) is 5.89 Å². The second-order valence-electron chi connectivity index (χ2n) is 3.38. The molecule has 1 atom stereocenters. The maximum atomic E-state index is 5.09. The summed E-state index contributed by atoms with van der Waals surface area (Å²) in [5, 5.41) is 13.6. The molecule has 0 aliphatic rings. The van der Waals surface area contributed by atoms with E-state index in [0.717, 1.165) is 12.1 Å². The van der Waals surface area contributed by atoms with Crippen molar-refractivity contribution in [1.82, 2.24) is 25.7 Å². The number of aromatic nitrogens is 4. The predicted molar refractivity (Wildman–Crippen MR) is 54.1 cm³/mol. The van der Waals surface area contributed by atoms with Crippen LogP contribution in [0.3, 0.4) is 0 Å². The SMILES string of the molecule is CNC(C)Cc1noc(-c2ccn[nH]2)n1. The van der Waals surface area contributed by atoms with E-state index in [-0.39, 0.29) is 0 Å². The monoisotopic (exact) mass is 207 g/mol.